The molecule has 0 aromatic heterocycles. The van der Waals surface area contributed by atoms with Crippen molar-refractivity contribution in [1.82, 2.24) is 5.32 Å². The molecule has 2 rings (SSSR count). The Labute approximate surface area is 100 Å². The molecule has 94 valence electrons. The molecule has 0 aromatic rings. The topological polar surface area (TPSA) is 21.3 Å². The molecule has 0 radical (unpaired) electrons. The van der Waals surface area contributed by atoms with Crippen LogP contribution in [0.4, 0.5) is 0 Å². The van der Waals surface area contributed by atoms with Gasteiger partial charge in [-0.15, -0.1) is 0 Å². The van der Waals surface area contributed by atoms with Gasteiger partial charge in [-0.2, -0.15) is 0 Å². The van der Waals surface area contributed by atoms with E-state index in [1.54, 1.807) is 0 Å². The fraction of sp³-hybridized carbons (Fsp3) is 1.00. The maximum atomic E-state index is 6.09. The van der Waals surface area contributed by atoms with E-state index >= 15 is 0 Å². The third-order valence-corrected chi connectivity index (χ3v) is 4.18. The molecule has 1 saturated carbocycles. The maximum absolute atomic E-state index is 6.09. The molecule has 2 fully saturated rings. The quantitative estimate of drug-likeness (QED) is 0.794. The van der Waals surface area contributed by atoms with Gasteiger partial charge in [0.1, 0.15) is 0 Å². The molecule has 3 atom stereocenters. The van der Waals surface area contributed by atoms with Gasteiger partial charge in [-0.05, 0) is 64.8 Å². The molecule has 2 heteroatoms. The normalized spacial score (nSPS) is 38.1. The summed E-state index contributed by atoms with van der Waals surface area (Å²) in [5.41, 5.74) is 0.143. The minimum Gasteiger partial charge on any atom is -0.372 e. The zero-order valence-electron chi connectivity index (χ0n) is 11.1. The predicted octanol–water partition coefficient (Wildman–Crippen LogP) is 3.11. The number of ether oxygens (including phenoxy) is 1. The van der Waals surface area contributed by atoms with Crippen molar-refractivity contribution in [1.29, 1.82) is 0 Å². The van der Waals surface area contributed by atoms with Crippen molar-refractivity contribution in [3.8, 4) is 0 Å². The third-order valence-electron chi connectivity index (χ3n) is 4.18. The van der Waals surface area contributed by atoms with Gasteiger partial charge in [0.15, 0.2) is 0 Å². The Balaban J connectivity index is 1.71. The van der Waals surface area contributed by atoms with E-state index in [1.165, 1.54) is 38.5 Å². The predicted molar refractivity (Wildman–Crippen MR) is 67.6 cm³/mol. The Kier molecular flexibility index (Phi) is 3.91. The highest BCUT2D eigenvalue weighted by Gasteiger charge is 2.34. The highest BCUT2D eigenvalue weighted by Crippen LogP contribution is 2.36. The van der Waals surface area contributed by atoms with Crippen molar-refractivity contribution in [2.45, 2.75) is 77.0 Å². The largest absolute Gasteiger partial charge is 0.372 e. The monoisotopic (exact) mass is 225 g/mol. The summed E-state index contributed by atoms with van der Waals surface area (Å²) in [4.78, 5) is 0. The van der Waals surface area contributed by atoms with E-state index in [9.17, 15) is 0 Å². The van der Waals surface area contributed by atoms with Gasteiger partial charge in [-0.25, -0.2) is 0 Å². The van der Waals surface area contributed by atoms with Crippen LogP contribution in [0.2, 0.25) is 0 Å². The van der Waals surface area contributed by atoms with Gasteiger partial charge >= 0.3 is 0 Å². The molecule has 1 N–H and O–H groups in total. The lowest BCUT2D eigenvalue weighted by atomic mass is 9.97. The summed E-state index contributed by atoms with van der Waals surface area (Å²) in [6, 6.07) is 0.782. The summed E-state index contributed by atoms with van der Waals surface area (Å²) in [6.45, 7) is 7.77. The Morgan fingerprint density at radius 1 is 1.25 bits per heavy atom. The fourth-order valence-corrected chi connectivity index (χ4v) is 3.38. The number of rotatable bonds is 4. The van der Waals surface area contributed by atoms with Gasteiger partial charge in [0.2, 0.25) is 0 Å². The Morgan fingerprint density at radius 3 is 2.69 bits per heavy atom. The number of hydrogen-bond acceptors (Lipinski definition) is 2. The molecule has 2 nitrogen and oxygen atoms in total. The Bertz CT molecular complexity index is 227. The summed E-state index contributed by atoms with van der Waals surface area (Å²) < 4.78 is 6.09. The first-order valence-electron chi connectivity index (χ1n) is 7.00. The van der Waals surface area contributed by atoms with E-state index < -0.39 is 0 Å². The van der Waals surface area contributed by atoms with Gasteiger partial charge in [-0.1, -0.05) is 6.92 Å². The van der Waals surface area contributed by atoms with E-state index in [0.29, 0.717) is 6.10 Å². The van der Waals surface area contributed by atoms with Crippen LogP contribution in [-0.2, 0) is 4.74 Å². The molecular weight excluding hydrogens is 198 g/mol. The molecule has 0 amide bonds. The molecule has 2 aliphatic rings. The van der Waals surface area contributed by atoms with E-state index in [2.05, 4.69) is 26.1 Å². The second-order valence-electron chi connectivity index (χ2n) is 6.21. The number of nitrogens with one attached hydrogen (secondary N) is 1. The first-order valence-corrected chi connectivity index (χ1v) is 7.00. The first-order chi connectivity index (χ1) is 7.59. The van der Waals surface area contributed by atoms with Crippen LogP contribution in [0.1, 0.15) is 59.3 Å². The Hall–Kier alpha value is -0.0800. The van der Waals surface area contributed by atoms with Crippen LogP contribution >= 0.6 is 0 Å². The fourth-order valence-electron chi connectivity index (χ4n) is 3.38. The highest BCUT2D eigenvalue weighted by molar-refractivity contribution is 4.86. The molecule has 0 bridgehead atoms. The molecule has 0 aromatic carbocycles. The van der Waals surface area contributed by atoms with Crippen LogP contribution in [0, 0.1) is 5.92 Å². The van der Waals surface area contributed by atoms with Crippen LogP contribution < -0.4 is 5.32 Å². The summed E-state index contributed by atoms with van der Waals surface area (Å²) >= 11 is 0. The van der Waals surface area contributed by atoms with Crippen molar-refractivity contribution in [3.05, 3.63) is 0 Å². The summed E-state index contributed by atoms with van der Waals surface area (Å²) in [6.07, 6.45) is 8.49. The highest BCUT2D eigenvalue weighted by atomic mass is 16.5. The molecule has 1 aliphatic heterocycles. The molecule has 1 saturated heterocycles. The van der Waals surface area contributed by atoms with E-state index in [4.69, 9.17) is 4.74 Å². The lowest BCUT2D eigenvalue weighted by Gasteiger charge is -2.21. The van der Waals surface area contributed by atoms with Gasteiger partial charge < -0.3 is 10.1 Å². The average molecular weight is 225 g/mol. The van der Waals surface area contributed by atoms with Crippen LogP contribution in [0.25, 0.3) is 0 Å². The van der Waals surface area contributed by atoms with Crippen LogP contribution in [0.5, 0.6) is 0 Å². The van der Waals surface area contributed by atoms with Crippen LogP contribution in [0.3, 0.4) is 0 Å². The summed E-state index contributed by atoms with van der Waals surface area (Å²) in [7, 11) is 0. The van der Waals surface area contributed by atoms with Crippen molar-refractivity contribution in [2.75, 3.05) is 6.54 Å². The molecule has 1 heterocycles. The van der Waals surface area contributed by atoms with Crippen molar-refractivity contribution in [2.24, 2.45) is 5.92 Å². The zero-order chi connectivity index (χ0) is 11.6. The Morgan fingerprint density at radius 2 is 2.06 bits per heavy atom. The molecule has 0 spiro atoms. The molecule has 16 heavy (non-hydrogen) atoms. The lowest BCUT2D eigenvalue weighted by molar-refractivity contribution is -0.0242. The van der Waals surface area contributed by atoms with E-state index in [-0.39, 0.29) is 5.60 Å². The minimum absolute atomic E-state index is 0.143. The van der Waals surface area contributed by atoms with Crippen molar-refractivity contribution in [3.63, 3.8) is 0 Å². The molecular formula is C14H27NO. The van der Waals surface area contributed by atoms with E-state index in [1.807, 2.05) is 0 Å². The SMILES string of the molecule is CCNC1CCC(CC2CCC(C)(C)O2)C1. The number of hydrogen-bond donors (Lipinski definition) is 1. The van der Waals surface area contributed by atoms with Crippen molar-refractivity contribution >= 4 is 0 Å². The van der Waals surface area contributed by atoms with Gasteiger partial charge in [0.25, 0.3) is 0 Å². The lowest BCUT2D eigenvalue weighted by Crippen LogP contribution is -2.26. The smallest absolute Gasteiger partial charge is 0.0631 e. The minimum atomic E-state index is 0.143. The van der Waals surface area contributed by atoms with Gasteiger partial charge in [0.05, 0.1) is 11.7 Å². The molecule has 3 unspecified atom stereocenters. The second kappa shape index (κ2) is 5.05. The summed E-state index contributed by atoms with van der Waals surface area (Å²) in [5.74, 6) is 0.906. The van der Waals surface area contributed by atoms with Crippen LogP contribution in [-0.4, -0.2) is 24.3 Å². The summed E-state index contributed by atoms with van der Waals surface area (Å²) in [5, 5.41) is 3.57. The standard InChI is InChI=1S/C14H27NO/c1-4-15-12-6-5-11(9-12)10-13-7-8-14(2,3)16-13/h11-13,15H,4-10H2,1-3H3. The third kappa shape index (κ3) is 3.21. The maximum Gasteiger partial charge on any atom is 0.0631 e. The zero-order valence-corrected chi connectivity index (χ0v) is 11.1. The van der Waals surface area contributed by atoms with Crippen LogP contribution in [0.15, 0.2) is 0 Å². The second-order valence-corrected chi connectivity index (χ2v) is 6.21. The first kappa shape index (κ1) is 12.4. The van der Waals surface area contributed by atoms with E-state index in [0.717, 1.165) is 18.5 Å². The average Bonchev–Trinajstić information content (AvgIpc) is 2.75. The van der Waals surface area contributed by atoms with Crippen molar-refractivity contribution < 1.29 is 4.74 Å². The van der Waals surface area contributed by atoms with Gasteiger partial charge in [-0.3, -0.25) is 0 Å². The molecule has 1 aliphatic carbocycles. The van der Waals surface area contributed by atoms with Gasteiger partial charge in [0, 0.05) is 6.04 Å².